The number of aryl methyl sites for hydroxylation is 2. The van der Waals surface area contributed by atoms with Crippen LogP contribution in [0.25, 0.3) is 10.9 Å². The van der Waals surface area contributed by atoms with Gasteiger partial charge in [0.05, 0.1) is 5.39 Å². The van der Waals surface area contributed by atoms with Crippen molar-refractivity contribution in [2.45, 2.75) is 45.1 Å². The minimum Gasteiger partial charge on any atom is -0.299 e. The van der Waals surface area contributed by atoms with Crippen LogP contribution in [0.15, 0.2) is 41.2 Å². The number of ketones is 1. The van der Waals surface area contributed by atoms with Gasteiger partial charge in [0, 0.05) is 24.3 Å². The number of carbonyl (C=O) groups excluding carboxylic acids is 3. The topological polar surface area (TPSA) is 111 Å². The number of piperidine rings is 1. The van der Waals surface area contributed by atoms with Gasteiger partial charge in [-0.3, -0.25) is 24.5 Å². The van der Waals surface area contributed by atoms with Gasteiger partial charge in [0.1, 0.15) is 17.3 Å². The fourth-order valence-corrected chi connectivity index (χ4v) is 4.04. The fraction of sp³-hybridized carbons (Fsp3) is 0.304. The maximum Gasteiger partial charge on any atom is 0.278 e. The van der Waals surface area contributed by atoms with Crippen molar-refractivity contribution in [2.75, 3.05) is 0 Å². The Labute approximate surface area is 188 Å². The second-order valence-electron chi connectivity index (χ2n) is 7.92. The van der Waals surface area contributed by atoms with E-state index < -0.39 is 17.5 Å². The number of aromatic nitrogens is 3. The number of hydrogen-bond acceptors (Lipinski definition) is 6. The predicted molar refractivity (Wildman–Crippen MR) is 118 cm³/mol. The molecule has 2 aromatic carbocycles. The smallest absolute Gasteiger partial charge is 0.278 e. The van der Waals surface area contributed by atoms with Gasteiger partial charge in [0.25, 0.3) is 11.5 Å². The van der Waals surface area contributed by atoms with Gasteiger partial charge in [-0.25, -0.2) is 0 Å². The Morgan fingerprint density at radius 3 is 2.78 bits per heavy atom. The van der Waals surface area contributed by atoms with Crippen LogP contribution >= 0.6 is 11.6 Å². The van der Waals surface area contributed by atoms with E-state index in [1.165, 1.54) is 0 Å². The molecule has 1 atom stereocenters. The lowest BCUT2D eigenvalue weighted by Crippen LogP contribution is -2.45. The second-order valence-corrected chi connectivity index (χ2v) is 8.32. The van der Waals surface area contributed by atoms with Gasteiger partial charge in [0.15, 0.2) is 0 Å². The van der Waals surface area contributed by atoms with Gasteiger partial charge in [-0.15, -0.1) is 5.10 Å². The van der Waals surface area contributed by atoms with Gasteiger partial charge < -0.3 is 0 Å². The first-order valence-corrected chi connectivity index (χ1v) is 10.7. The molecular weight excluding hydrogens is 432 g/mol. The number of hydrogen-bond donors (Lipinski definition) is 1. The fourth-order valence-electron chi connectivity index (χ4n) is 3.83. The average Bonchev–Trinajstić information content (AvgIpc) is 2.76. The molecule has 9 heteroatoms. The molecule has 0 spiro atoms. The van der Waals surface area contributed by atoms with Crippen LogP contribution in [0.3, 0.4) is 0 Å². The summed E-state index contributed by atoms with van der Waals surface area (Å²) in [6.07, 6.45) is 1.16. The van der Waals surface area contributed by atoms with Crippen LogP contribution in [-0.4, -0.2) is 32.6 Å². The minimum atomic E-state index is -0.891. The Balaban J connectivity index is 1.56. The van der Waals surface area contributed by atoms with Gasteiger partial charge in [0.2, 0.25) is 5.91 Å². The van der Waals surface area contributed by atoms with Gasteiger partial charge in [-0.2, -0.15) is 4.68 Å². The summed E-state index contributed by atoms with van der Waals surface area (Å²) in [5, 5.41) is 11.2. The summed E-state index contributed by atoms with van der Waals surface area (Å²) in [7, 11) is 0. The number of imide groups is 1. The van der Waals surface area contributed by atoms with E-state index in [0.29, 0.717) is 27.9 Å². The molecule has 0 radical (unpaired) electrons. The summed E-state index contributed by atoms with van der Waals surface area (Å²) in [5.74, 6) is -0.919. The van der Waals surface area contributed by atoms with E-state index in [9.17, 15) is 19.2 Å². The minimum absolute atomic E-state index is 0.0226. The first kappa shape index (κ1) is 21.8. The Morgan fingerprint density at radius 1 is 1.22 bits per heavy atom. The molecule has 1 unspecified atom stereocenters. The third-order valence-corrected chi connectivity index (χ3v) is 6.02. The highest BCUT2D eigenvalue weighted by molar-refractivity contribution is 6.31. The summed E-state index contributed by atoms with van der Waals surface area (Å²) in [6, 6.07) is 9.86. The molecule has 0 saturated carbocycles. The molecule has 32 heavy (non-hydrogen) atoms. The number of nitrogens with zero attached hydrogens (tertiary/aromatic N) is 3. The number of nitrogens with one attached hydrogen (secondary N) is 1. The number of amides is 2. The highest BCUT2D eigenvalue weighted by Crippen LogP contribution is 2.20. The number of carbonyl (C=O) groups is 3. The zero-order valence-corrected chi connectivity index (χ0v) is 18.2. The standard InChI is InChI=1S/C23H21ClN4O4/c1-13-5-6-14(12-17(13)24)11-16(29)8-7-15-3-2-4-18-21(15)23(32)28(27-26-18)19-9-10-20(30)25-22(19)31/h2-6,12,19H,7-11H2,1H3,(H,25,30,31). The lowest BCUT2D eigenvalue weighted by molar-refractivity contribution is -0.136. The monoisotopic (exact) mass is 452 g/mol. The molecule has 164 valence electrons. The molecule has 3 aromatic rings. The van der Waals surface area contributed by atoms with E-state index in [-0.39, 0.29) is 37.4 Å². The average molecular weight is 453 g/mol. The molecule has 0 aliphatic carbocycles. The molecule has 1 N–H and O–H groups in total. The largest absolute Gasteiger partial charge is 0.299 e. The lowest BCUT2D eigenvalue weighted by Gasteiger charge is -2.21. The molecule has 1 saturated heterocycles. The SMILES string of the molecule is Cc1ccc(CC(=O)CCc2cccc3nnn(C4CCC(=O)NC4=O)c(=O)c23)cc1Cl. The van der Waals surface area contributed by atoms with Crippen molar-refractivity contribution < 1.29 is 14.4 Å². The van der Waals surface area contributed by atoms with Gasteiger partial charge >= 0.3 is 0 Å². The molecule has 1 fully saturated rings. The van der Waals surface area contributed by atoms with Crippen molar-refractivity contribution in [2.24, 2.45) is 0 Å². The van der Waals surface area contributed by atoms with Crippen molar-refractivity contribution in [3.63, 3.8) is 0 Å². The molecule has 1 aliphatic rings. The van der Waals surface area contributed by atoms with Crippen LogP contribution in [-0.2, 0) is 27.2 Å². The van der Waals surface area contributed by atoms with E-state index in [2.05, 4.69) is 15.6 Å². The zero-order valence-electron chi connectivity index (χ0n) is 17.4. The third-order valence-electron chi connectivity index (χ3n) is 5.62. The van der Waals surface area contributed by atoms with E-state index in [4.69, 9.17) is 11.6 Å². The summed E-state index contributed by atoms with van der Waals surface area (Å²) < 4.78 is 1.03. The molecule has 8 nitrogen and oxygen atoms in total. The Morgan fingerprint density at radius 2 is 2.03 bits per heavy atom. The maximum absolute atomic E-state index is 13.2. The quantitative estimate of drug-likeness (QED) is 0.575. The highest BCUT2D eigenvalue weighted by Gasteiger charge is 2.30. The van der Waals surface area contributed by atoms with Gasteiger partial charge in [-0.05, 0) is 48.6 Å². The van der Waals surface area contributed by atoms with Crippen molar-refractivity contribution in [3.8, 4) is 0 Å². The summed E-state index contributed by atoms with van der Waals surface area (Å²) in [5.41, 5.74) is 2.40. The Bertz CT molecular complexity index is 1300. The summed E-state index contributed by atoms with van der Waals surface area (Å²) in [6.45, 7) is 1.90. The molecule has 4 rings (SSSR count). The van der Waals surface area contributed by atoms with Crippen LogP contribution in [0.2, 0.25) is 5.02 Å². The predicted octanol–water partition coefficient (Wildman–Crippen LogP) is 2.48. The van der Waals surface area contributed by atoms with Crippen molar-refractivity contribution >= 4 is 40.1 Å². The van der Waals surface area contributed by atoms with E-state index in [1.54, 1.807) is 24.3 Å². The number of rotatable bonds is 6. The van der Waals surface area contributed by atoms with Crippen LogP contribution in [0.5, 0.6) is 0 Å². The van der Waals surface area contributed by atoms with Gasteiger partial charge in [-0.1, -0.05) is 41.1 Å². The Kier molecular flexibility index (Phi) is 6.14. The number of benzene rings is 2. The molecule has 2 heterocycles. The van der Waals surface area contributed by atoms with Crippen LogP contribution in [0.1, 0.15) is 42.0 Å². The van der Waals surface area contributed by atoms with Crippen molar-refractivity contribution in [3.05, 3.63) is 68.5 Å². The van der Waals surface area contributed by atoms with E-state index >= 15 is 0 Å². The molecule has 2 amide bonds. The molecule has 0 bridgehead atoms. The third kappa shape index (κ3) is 4.45. The number of halogens is 1. The van der Waals surface area contributed by atoms with Crippen LogP contribution in [0.4, 0.5) is 0 Å². The number of fused-ring (bicyclic) bond motifs is 1. The summed E-state index contributed by atoms with van der Waals surface area (Å²) >= 11 is 6.14. The second kappa shape index (κ2) is 9.00. The van der Waals surface area contributed by atoms with Crippen LogP contribution < -0.4 is 10.9 Å². The summed E-state index contributed by atoms with van der Waals surface area (Å²) in [4.78, 5) is 49.3. The normalized spacial score (nSPS) is 16.2. The Hall–Kier alpha value is -3.39. The molecular formula is C23H21ClN4O4. The van der Waals surface area contributed by atoms with Crippen LogP contribution in [0, 0.1) is 6.92 Å². The lowest BCUT2D eigenvalue weighted by atomic mass is 9.99. The molecule has 1 aliphatic heterocycles. The van der Waals surface area contributed by atoms with Crippen molar-refractivity contribution in [1.29, 1.82) is 0 Å². The first-order chi connectivity index (χ1) is 15.3. The van der Waals surface area contributed by atoms with E-state index in [1.807, 2.05) is 19.1 Å². The maximum atomic E-state index is 13.2. The highest BCUT2D eigenvalue weighted by atomic mass is 35.5. The first-order valence-electron chi connectivity index (χ1n) is 10.3. The number of Topliss-reactive ketones (excluding diaryl/α,β-unsaturated/α-hetero) is 1. The molecule has 1 aromatic heterocycles. The van der Waals surface area contributed by atoms with E-state index in [0.717, 1.165) is 15.8 Å². The van der Waals surface area contributed by atoms with Crippen molar-refractivity contribution in [1.82, 2.24) is 20.3 Å². The zero-order chi connectivity index (χ0) is 22.8.